The lowest BCUT2D eigenvalue weighted by Crippen LogP contribution is -1.86. The van der Waals surface area contributed by atoms with Crippen molar-refractivity contribution in [2.75, 3.05) is 0 Å². The molecule has 0 saturated carbocycles. The van der Waals surface area contributed by atoms with Crippen LogP contribution in [0.5, 0.6) is 0 Å². The first-order chi connectivity index (χ1) is 4.84. The summed E-state index contributed by atoms with van der Waals surface area (Å²) in [5, 5.41) is 0. The summed E-state index contributed by atoms with van der Waals surface area (Å²) in [6, 6.07) is 10.1. The van der Waals surface area contributed by atoms with Crippen molar-refractivity contribution in [3.8, 4) is 12.3 Å². The minimum Gasteiger partial charge on any atom is -0.119 e. The van der Waals surface area contributed by atoms with Crippen LogP contribution in [-0.2, 0) is 0 Å². The fourth-order valence-electron chi connectivity index (χ4n) is 0.838. The van der Waals surface area contributed by atoms with Gasteiger partial charge in [-0.3, -0.25) is 0 Å². The van der Waals surface area contributed by atoms with Crippen molar-refractivity contribution in [3.05, 3.63) is 35.9 Å². The molecule has 0 heteroatoms. The van der Waals surface area contributed by atoms with E-state index in [0.717, 1.165) is 0 Å². The third-order valence-electron chi connectivity index (χ3n) is 1.55. The van der Waals surface area contributed by atoms with Crippen LogP contribution >= 0.6 is 0 Å². The third-order valence-corrected chi connectivity index (χ3v) is 1.55. The lowest BCUT2D eigenvalue weighted by molar-refractivity contribution is 1.01. The van der Waals surface area contributed by atoms with Crippen LogP contribution in [0.2, 0.25) is 0 Å². The van der Waals surface area contributed by atoms with E-state index >= 15 is 0 Å². The van der Waals surface area contributed by atoms with Gasteiger partial charge in [0.25, 0.3) is 0 Å². The molecule has 1 rings (SSSR count). The monoisotopic (exact) mass is 131 g/mol. The lowest BCUT2D eigenvalue weighted by Gasteiger charge is -2.01. The van der Waals surface area contributed by atoms with Gasteiger partial charge in [0.2, 0.25) is 0 Å². The van der Waals surface area contributed by atoms with Gasteiger partial charge in [-0.2, -0.15) is 0 Å². The quantitative estimate of drug-likeness (QED) is 0.514. The summed E-state index contributed by atoms with van der Waals surface area (Å²) in [7, 11) is 0. The minimum absolute atomic E-state index is 0. The predicted molar refractivity (Wildman–Crippen MR) is 44.8 cm³/mol. The van der Waals surface area contributed by atoms with Crippen LogP contribution in [0.15, 0.2) is 30.3 Å². The van der Waals surface area contributed by atoms with Crippen molar-refractivity contribution in [1.82, 2.24) is 0 Å². The second-order valence-corrected chi connectivity index (χ2v) is 2.30. The van der Waals surface area contributed by atoms with Gasteiger partial charge < -0.3 is 0 Å². The van der Waals surface area contributed by atoms with Crippen molar-refractivity contribution in [2.45, 2.75) is 12.8 Å². The molecule has 0 heterocycles. The Balaban J connectivity index is 0.000001000. The summed E-state index contributed by atoms with van der Waals surface area (Å²) < 4.78 is 0. The molecular formula is C10H11. The molecule has 1 atom stereocenters. The standard InChI is InChI=1S/C10H10.H/c1-3-9(2)10-7-5-4-6-8-10;/h1,4-9H,2H3;. The van der Waals surface area contributed by atoms with E-state index in [0.29, 0.717) is 0 Å². The zero-order chi connectivity index (χ0) is 7.40. The molecule has 0 fully saturated rings. The Morgan fingerprint density at radius 2 is 2.00 bits per heavy atom. The van der Waals surface area contributed by atoms with Crippen LogP contribution in [-0.4, -0.2) is 0 Å². The van der Waals surface area contributed by atoms with E-state index in [1.807, 2.05) is 37.3 Å². The van der Waals surface area contributed by atoms with E-state index < -0.39 is 0 Å². The Kier molecular flexibility index (Phi) is 2.12. The van der Waals surface area contributed by atoms with E-state index in [-0.39, 0.29) is 7.34 Å². The molecule has 0 N–H and O–H groups in total. The molecule has 0 aliphatic carbocycles. The molecule has 0 aliphatic rings. The van der Waals surface area contributed by atoms with E-state index in [1.165, 1.54) is 5.56 Å². The molecule has 0 saturated heterocycles. The zero-order valence-electron chi connectivity index (χ0n) is 7.04. The Bertz CT molecular complexity index is 233. The van der Waals surface area contributed by atoms with Gasteiger partial charge >= 0.3 is 0 Å². The normalized spacial score (nSPS) is 12.0. The summed E-state index contributed by atoms with van der Waals surface area (Å²) in [5.41, 5.74) is 1.21. The number of terminal acetylenes is 1. The van der Waals surface area contributed by atoms with Gasteiger partial charge in [-0.05, 0) is 12.5 Å². The first-order valence-corrected chi connectivity index (χ1v) is 3.35. The fraction of sp³-hybridized carbons (Fsp3) is 0.200. The van der Waals surface area contributed by atoms with Crippen LogP contribution < -0.4 is 0 Å². The molecular weight excluding hydrogens is 120 g/mol. The predicted octanol–water partition coefficient (Wildman–Crippen LogP) is 2.54. The van der Waals surface area contributed by atoms with Gasteiger partial charge in [-0.1, -0.05) is 36.3 Å². The van der Waals surface area contributed by atoms with E-state index in [4.69, 9.17) is 6.42 Å². The maximum atomic E-state index is 5.25. The molecule has 1 unspecified atom stereocenters. The van der Waals surface area contributed by atoms with Gasteiger partial charge in [0.15, 0.2) is 0 Å². The molecule has 0 aliphatic heterocycles. The third kappa shape index (κ3) is 1.39. The van der Waals surface area contributed by atoms with Crippen LogP contribution in [0.25, 0.3) is 0 Å². The molecule has 51 valence electrons. The summed E-state index contributed by atoms with van der Waals surface area (Å²) in [4.78, 5) is 0. The average Bonchev–Trinajstić information content (AvgIpc) is 2.05. The van der Waals surface area contributed by atoms with E-state index in [2.05, 4.69) is 5.92 Å². The Morgan fingerprint density at radius 3 is 2.50 bits per heavy atom. The highest BCUT2D eigenvalue weighted by molar-refractivity contribution is 5.24. The minimum atomic E-state index is 0. The molecule has 10 heavy (non-hydrogen) atoms. The SMILES string of the molecule is C#CC(C)c1ccccc1.[H]. The van der Waals surface area contributed by atoms with Gasteiger partial charge in [0.1, 0.15) is 0 Å². The van der Waals surface area contributed by atoms with E-state index in [1.54, 1.807) is 0 Å². The van der Waals surface area contributed by atoms with Crippen molar-refractivity contribution in [2.24, 2.45) is 0 Å². The summed E-state index contributed by atoms with van der Waals surface area (Å²) in [6.45, 7) is 2.02. The topological polar surface area (TPSA) is 0 Å². The van der Waals surface area contributed by atoms with Crippen LogP contribution in [0.1, 0.15) is 19.8 Å². The summed E-state index contributed by atoms with van der Waals surface area (Å²) in [5.74, 6) is 2.92. The molecule has 0 spiro atoms. The van der Waals surface area contributed by atoms with Crippen molar-refractivity contribution < 1.29 is 1.43 Å². The zero-order valence-corrected chi connectivity index (χ0v) is 6.04. The summed E-state index contributed by atoms with van der Waals surface area (Å²) >= 11 is 0. The highest BCUT2D eigenvalue weighted by atomic mass is 14.0. The number of hydrogen-bond acceptors (Lipinski definition) is 0. The van der Waals surface area contributed by atoms with Gasteiger partial charge in [0.05, 0.1) is 0 Å². The molecule has 0 nitrogen and oxygen atoms in total. The molecule has 0 bridgehead atoms. The smallest absolute Gasteiger partial charge is 0.0421 e. The van der Waals surface area contributed by atoms with Gasteiger partial charge in [-0.15, -0.1) is 6.42 Å². The largest absolute Gasteiger partial charge is 0.119 e. The second kappa shape index (κ2) is 3.08. The van der Waals surface area contributed by atoms with Gasteiger partial charge in [-0.25, -0.2) is 0 Å². The number of rotatable bonds is 1. The van der Waals surface area contributed by atoms with Crippen LogP contribution in [0.4, 0.5) is 0 Å². The molecule has 0 amide bonds. The average molecular weight is 131 g/mol. The van der Waals surface area contributed by atoms with Crippen molar-refractivity contribution >= 4 is 0 Å². The highest BCUT2D eigenvalue weighted by Crippen LogP contribution is 2.11. The van der Waals surface area contributed by atoms with Crippen LogP contribution in [0.3, 0.4) is 0 Å². The molecule has 1 aromatic carbocycles. The maximum absolute atomic E-state index is 5.25. The highest BCUT2D eigenvalue weighted by Gasteiger charge is 1.96. The number of benzene rings is 1. The Hall–Kier alpha value is -1.22. The van der Waals surface area contributed by atoms with Crippen molar-refractivity contribution in [1.29, 1.82) is 0 Å². The van der Waals surface area contributed by atoms with Crippen molar-refractivity contribution in [3.63, 3.8) is 0 Å². The Labute approximate surface area is 63.4 Å². The fourth-order valence-corrected chi connectivity index (χ4v) is 0.838. The maximum Gasteiger partial charge on any atom is 0.0421 e. The molecule has 1 aromatic rings. The van der Waals surface area contributed by atoms with Crippen LogP contribution in [0, 0.1) is 12.3 Å². The first kappa shape index (κ1) is 6.89. The van der Waals surface area contributed by atoms with Gasteiger partial charge in [0, 0.05) is 7.34 Å². The number of hydrogen-bond donors (Lipinski definition) is 0. The summed E-state index contributed by atoms with van der Waals surface area (Å²) in [6.07, 6.45) is 5.25. The first-order valence-electron chi connectivity index (χ1n) is 3.35. The van der Waals surface area contributed by atoms with E-state index in [9.17, 15) is 0 Å². The molecule has 1 radical (unpaired) electrons. The molecule has 0 aromatic heterocycles. The lowest BCUT2D eigenvalue weighted by atomic mass is 10.0. The Morgan fingerprint density at radius 1 is 1.40 bits per heavy atom. The second-order valence-electron chi connectivity index (χ2n) is 2.30.